The van der Waals surface area contributed by atoms with E-state index in [2.05, 4.69) is 31.9 Å². The second-order valence-electron chi connectivity index (χ2n) is 5.89. The number of nitrogens with zero attached hydrogens (tertiary/aromatic N) is 1. The molecule has 0 saturated carbocycles. The summed E-state index contributed by atoms with van der Waals surface area (Å²) in [7, 11) is 0. The van der Waals surface area contributed by atoms with Crippen LogP contribution in [-0.4, -0.2) is 32.7 Å². The fourth-order valence-electron chi connectivity index (χ4n) is 2.46. The highest BCUT2D eigenvalue weighted by Gasteiger charge is 2.33. The molecule has 1 heterocycles. The Labute approximate surface area is 198 Å². The maximum absolute atomic E-state index is 12.4. The number of hydrogen-bond donors (Lipinski definition) is 1. The smallest absolute Gasteiger partial charge is 0.323 e. The minimum atomic E-state index is -1.12. The maximum atomic E-state index is 12.4. The van der Waals surface area contributed by atoms with E-state index in [1.807, 2.05) is 24.3 Å². The average molecular weight is 578 g/mol. The summed E-state index contributed by atoms with van der Waals surface area (Å²) in [5, 5.41) is 9.58. The molecule has 3 rings (SSSR count). The van der Waals surface area contributed by atoms with E-state index in [9.17, 15) is 9.59 Å². The van der Waals surface area contributed by atoms with Crippen LogP contribution in [0.15, 0.2) is 50.2 Å². The van der Waals surface area contributed by atoms with E-state index < -0.39 is 18.4 Å². The van der Waals surface area contributed by atoms with Crippen molar-refractivity contribution in [2.24, 2.45) is 0 Å². The van der Waals surface area contributed by atoms with Gasteiger partial charge in [-0.2, -0.15) is 0 Å². The molecule has 5 nitrogen and oxygen atoms in total. The molecule has 1 saturated heterocycles. The van der Waals surface area contributed by atoms with Crippen LogP contribution in [0.4, 0.5) is 0 Å². The van der Waals surface area contributed by atoms with Gasteiger partial charge in [0, 0.05) is 5.02 Å². The summed E-state index contributed by atoms with van der Waals surface area (Å²) in [6.45, 7) is -0.0889. The SMILES string of the molecule is O=C(O)CN1C(=O)/C(=C/c2cc(Br)c(OCc3ccc(Cl)cc3)c(Br)c2)SC1=S. The van der Waals surface area contributed by atoms with Crippen LogP contribution in [0.5, 0.6) is 5.75 Å². The fourth-order valence-corrected chi connectivity index (χ4v) is 5.29. The summed E-state index contributed by atoms with van der Waals surface area (Å²) < 4.78 is 7.52. The van der Waals surface area contributed by atoms with Gasteiger partial charge in [-0.1, -0.05) is 47.7 Å². The lowest BCUT2D eigenvalue weighted by Crippen LogP contribution is -2.33. The highest BCUT2D eigenvalue weighted by Crippen LogP contribution is 2.38. The summed E-state index contributed by atoms with van der Waals surface area (Å²) in [6.07, 6.45) is 1.67. The molecule has 1 aliphatic rings. The van der Waals surface area contributed by atoms with E-state index in [0.717, 1.165) is 27.8 Å². The van der Waals surface area contributed by atoms with Crippen molar-refractivity contribution in [2.75, 3.05) is 6.54 Å². The predicted octanol–water partition coefficient (Wildman–Crippen LogP) is 5.73. The van der Waals surface area contributed by atoms with E-state index in [1.54, 1.807) is 18.2 Å². The summed E-state index contributed by atoms with van der Waals surface area (Å²) >= 11 is 19.1. The number of amides is 1. The standard InChI is InChI=1S/C19H12Br2ClNO4S2/c20-13-5-11(7-15-18(26)23(8-16(24)25)19(28)29-15)6-14(21)17(13)27-9-10-1-3-12(22)4-2-10/h1-7H,8-9H2,(H,24,25)/b15-7-. The van der Waals surface area contributed by atoms with Crippen molar-refractivity contribution in [2.45, 2.75) is 6.61 Å². The number of halogens is 3. The summed E-state index contributed by atoms with van der Waals surface area (Å²) in [4.78, 5) is 24.7. The number of hydrogen-bond acceptors (Lipinski definition) is 5. The quantitative estimate of drug-likeness (QED) is 0.350. The molecule has 150 valence electrons. The third-order valence-electron chi connectivity index (χ3n) is 3.78. The van der Waals surface area contributed by atoms with Gasteiger partial charge in [0.1, 0.15) is 23.2 Å². The normalized spacial score (nSPS) is 15.3. The number of aliphatic carboxylic acids is 1. The van der Waals surface area contributed by atoms with Gasteiger partial charge in [0.05, 0.1) is 13.9 Å². The largest absolute Gasteiger partial charge is 0.487 e. The Hall–Kier alpha value is -1.39. The van der Waals surface area contributed by atoms with Crippen molar-refractivity contribution in [3.63, 3.8) is 0 Å². The molecule has 1 amide bonds. The Morgan fingerprint density at radius 1 is 1.24 bits per heavy atom. The van der Waals surface area contributed by atoms with Crippen LogP contribution in [0.2, 0.25) is 5.02 Å². The van der Waals surface area contributed by atoms with Gasteiger partial charge in [-0.3, -0.25) is 14.5 Å². The molecule has 2 aromatic rings. The molecule has 29 heavy (non-hydrogen) atoms. The highest BCUT2D eigenvalue weighted by atomic mass is 79.9. The van der Waals surface area contributed by atoms with Crippen molar-refractivity contribution >= 4 is 89.7 Å². The Balaban J connectivity index is 1.77. The van der Waals surface area contributed by atoms with Gasteiger partial charge in [-0.15, -0.1) is 0 Å². The Morgan fingerprint density at radius 2 is 1.86 bits per heavy atom. The minimum Gasteiger partial charge on any atom is -0.487 e. The monoisotopic (exact) mass is 575 g/mol. The van der Waals surface area contributed by atoms with E-state index in [1.165, 1.54) is 0 Å². The molecule has 0 aliphatic carbocycles. The highest BCUT2D eigenvalue weighted by molar-refractivity contribution is 9.11. The van der Waals surface area contributed by atoms with Gasteiger partial charge in [0.25, 0.3) is 5.91 Å². The molecule has 1 N–H and O–H groups in total. The minimum absolute atomic E-state index is 0.227. The van der Waals surface area contributed by atoms with Gasteiger partial charge >= 0.3 is 5.97 Å². The Kier molecular flexibility index (Phi) is 7.39. The van der Waals surface area contributed by atoms with Crippen molar-refractivity contribution in [1.82, 2.24) is 4.90 Å². The molecular weight excluding hydrogens is 566 g/mol. The summed E-state index contributed by atoms with van der Waals surface area (Å²) in [6, 6.07) is 11.0. The van der Waals surface area contributed by atoms with E-state index >= 15 is 0 Å². The third-order valence-corrected chi connectivity index (χ3v) is 6.59. The van der Waals surface area contributed by atoms with Crippen LogP contribution in [0.1, 0.15) is 11.1 Å². The lowest BCUT2D eigenvalue weighted by atomic mass is 10.2. The zero-order valence-corrected chi connectivity index (χ0v) is 20.1. The fraction of sp³-hybridized carbons (Fsp3) is 0.105. The molecule has 0 aromatic heterocycles. The van der Waals surface area contributed by atoms with Gasteiger partial charge in [-0.05, 0) is 73.3 Å². The van der Waals surface area contributed by atoms with Crippen molar-refractivity contribution in [3.8, 4) is 5.75 Å². The summed E-state index contributed by atoms with van der Waals surface area (Å²) in [5.41, 5.74) is 1.71. The zero-order chi connectivity index (χ0) is 21.1. The predicted molar refractivity (Wildman–Crippen MR) is 125 cm³/mol. The molecule has 10 heteroatoms. The number of thiocarbonyl (C=S) groups is 1. The van der Waals surface area contributed by atoms with Crippen LogP contribution in [0.25, 0.3) is 6.08 Å². The number of carbonyl (C=O) groups excluding carboxylic acids is 1. The van der Waals surface area contributed by atoms with E-state index in [0.29, 0.717) is 31.2 Å². The Bertz CT molecular complexity index is 1000. The second-order valence-corrected chi connectivity index (χ2v) is 9.71. The topological polar surface area (TPSA) is 66.8 Å². The van der Waals surface area contributed by atoms with Crippen LogP contribution < -0.4 is 4.74 Å². The van der Waals surface area contributed by atoms with Crippen LogP contribution in [-0.2, 0) is 16.2 Å². The first-order chi connectivity index (χ1) is 13.7. The number of carbonyl (C=O) groups is 2. The molecule has 0 radical (unpaired) electrons. The number of rotatable bonds is 6. The first-order valence-electron chi connectivity index (χ1n) is 8.08. The lowest BCUT2D eigenvalue weighted by molar-refractivity contribution is -0.140. The van der Waals surface area contributed by atoms with Crippen LogP contribution in [0, 0.1) is 0 Å². The lowest BCUT2D eigenvalue weighted by Gasteiger charge is -2.12. The zero-order valence-electron chi connectivity index (χ0n) is 14.5. The van der Waals surface area contributed by atoms with Crippen molar-refractivity contribution < 1.29 is 19.4 Å². The first kappa shape index (κ1) is 22.3. The molecule has 0 unspecified atom stereocenters. The second kappa shape index (κ2) is 9.61. The van der Waals surface area contributed by atoms with Crippen molar-refractivity contribution in [3.05, 3.63) is 66.4 Å². The molecule has 0 atom stereocenters. The number of ether oxygens (including phenoxy) is 1. The molecule has 1 aliphatic heterocycles. The van der Waals surface area contributed by atoms with E-state index in [-0.39, 0.29) is 4.32 Å². The summed E-state index contributed by atoms with van der Waals surface area (Å²) in [5.74, 6) is -0.913. The number of benzene rings is 2. The first-order valence-corrected chi connectivity index (χ1v) is 11.3. The number of carboxylic acid groups (broad SMARTS) is 1. The molecule has 1 fully saturated rings. The van der Waals surface area contributed by atoms with Gasteiger partial charge in [0.15, 0.2) is 0 Å². The average Bonchev–Trinajstić information content (AvgIpc) is 2.89. The van der Waals surface area contributed by atoms with Crippen LogP contribution in [0.3, 0.4) is 0 Å². The Morgan fingerprint density at radius 3 is 2.45 bits per heavy atom. The van der Waals surface area contributed by atoms with Gasteiger partial charge < -0.3 is 9.84 Å². The van der Waals surface area contributed by atoms with Gasteiger partial charge in [0.2, 0.25) is 0 Å². The maximum Gasteiger partial charge on any atom is 0.323 e. The third kappa shape index (κ3) is 5.61. The number of thioether (sulfide) groups is 1. The molecular formula is C19H12Br2ClNO4S2. The number of carboxylic acids is 1. The molecule has 0 spiro atoms. The molecule has 2 aromatic carbocycles. The van der Waals surface area contributed by atoms with Crippen molar-refractivity contribution in [1.29, 1.82) is 0 Å². The van der Waals surface area contributed by atoms with E-state index in [4.69, 9.17) is 33.7 Å². The van der Waals surface area contributed by atoms with Crippen LogP contribution >= 0.6 is 67.4 Å². The molecule has 0 bridgehead atoms. The van der Waals surface area contributed by atoms with Gasteiger partial charge in [-0.25, -0.2) is 0 Å².